The molecule has 0 saturated carbocycles. The summed E-state index contributed by atoms with van der Waals surface area (Å²) in [6.07, 6.45) is 7.54. The number of imidazole rings is 1. The zero-order valence-corrected chi connectivity index (χ0v) is 11.3. The molecule has 0 fully saturated rings. The van der Waals surface area contributed by atoms with Crippen molar-refractivity contribution >= 4 is 22.6 Å². The fourth-order valence-corrected chi connectivity index (χ4v) is 2.42. The van der Waals surface area contributed by atoms with Crippen LogP contribution in [0.4, 0.5) is 0 Å². The molecule has 19 heavy (non-hydrogen) atoms. The van der Waals surface area contributed by atoms with Gasteiger partial charge in [-0.25, -0.2) is 4.98 Å². The van der Waals surface area contributed by atoms with Gasteiger partial charge in [0.25, 0.3) is 0 Å². The van der Waals surface area contributed by atoms with Gasteiger partial charge in [0.1, 0.15) is 5.58 Å². The molecule has 0 atom stereocenters. The van der Waals surface area contributed by atoms with Gasteiger partial charge in [0.15, 0.2) is 0 Å². The van der Waals surface area contributed by atoms with Gasteiger partial charge < -0.3 is 8.98 Å². The lowest BCUT2D eigenvalue weighted by atomic mass is 10.1. The number of hydrogen-bond acceptors (Lipinski definition) is 2. The summed E-state index contributed by atoms with van der Waals surface area (Å²) in [5.74, 6) is 0.680. The highest BCUT2D eigenvalue weighted by atomic mass is 35.5. The van der Waals surface area contributed by atoms with Crippen LogP contribution in [0.25, 0.3) is 11.0 Å². The van der Waals surface area contributed by atoms with Crippen LogP contribution in [-0.2, 0) is 13.0 Å². The Hall–Kier alpha value is -1.74. The molecule has 0 saturated heterocycles. The van der Waals surface area contributed by atoms with Crippen LogP contribution in [0, 0.1) is 0 Å². The first kappa shape index (κ1) is 12.3. The lowest BCUT2D eigenvalue weighted by molar-refractivity contribution is 0.605. The van der Waals surface area contributed by atoms with E-state index in [0.717, 1.165) is 25.0 Å². The van der Waals surface area contributed by atoms with Crippen LogP contribution in [-0.4, -0.2) is 15.4 Å². The molecule has 98 valence electrons. The summed E-state index contributed by atoms with van der Waals surface area (Å²) in [5, 5.41) is 1.17. The molecule has 0 aliphatic heterocycles. The standard InChI is InChI=1S/C15H15ClN2O/c16-7-3-4-13-8-17-11-18(13)9-12-10-19-15-6-2-1-5-14(12)15/h1-2,5-6,8,10-11H,3-4,7,9H2. The Morgan fingerprint density at radius 3 is 3.05 bits per heavy atom. The Morgan fingerprint density at radius 1 is 1.26 bits per heavy atom. The van der Waals surface area contributed by atoms with Crippen LogP contribution < -0.4 is 0 Å². The number of fused-ring (bicyclic) bond motifs is 1. The van der Waals surface area contributed by atoms with E-state index in [1.165, 1.54) is 16.6 Å². The fraction of sp³-hybridized carbons (Fsp3) is 0.267. The first-order valence-corrected chi connectivity index (χ1v) is 6.92. The molecule has 0 aliphatic rings. The van der Waals surface area contributed by atoms with Crippen molar-refractivity contribution in [1.82, 2.24) is 9.55 Å². The average molecular weight is 275 g/mol. The third-order valence-corrected chi connectivity index (χ3v) is 3.53. The van der Waals surface area contributed by atoms with E-state index in [9.17, 15) is 0 Å². The predicted molar refractivity (Wildman–Crippen MR) is 76.6 cm³/mol. The van der Waals surface area contributed by atoms with E-state index < -0.39 is 0 Å². The van der Waals surface area contributed by atoms with E-state index in [4.69, 9.17) is 16.0 Å². The van der Waals surface area contributed by atoms with Gasteiger partial charge in [0.05, 0.1) is 19.1 Å². The molecule has 2 heterocycles. The lowest BCUT2D eigenvalue weighted by Crippen LogP contribution is -2.03. The number of aryl methyl sites for hydroxylation is 1. The maximum absolute atomic E-state index is 5.75. The number of halogens is 1. The van der Waals surface area contributed by atoms with E-state index in [1.807, 2.05) is 37.0 Å². The van der Waals surface area contributed by atoms with Crippen LogP contribution in [0.1, 0.15) is 17.7 Å². The summed E-state index contributed by atoms with van der Waals surface area (Å²) in [6, 6.07) is 8.09. The van der Waals surface area contributed by atoms with Gasteiger partial charge in [0, 0.05) is 28.7 Å². The van der Waals surface area contributed by atoms with Gasteiger partial charge >= 0.3 is 0 Å². The normalized spacial score (nSPS) is 11.2. The van der Waals surface area contributed by atoms with Gasteiger partial charge in [-0.05, 0) is 18.9 Å². The second kappa shape index (κ2) is 5.49. The summed E-state index contributed by atoms with van der Waals surface area (Å²) in [5.41, 5.74) is 3.33. The zero-order chi connectivity index (χ0) is 13.1. The van der Waals surface area contributed by atoms with Crippen molar-refractivity contribution in [2.45, 2.75) is 19.4 Å². The smallest absolute Gasteiger partial charge is 0.134 e. The second-order valence-electron chi connectivity index (χ2n) is 4.56. The Labute approximate surface area is 116 Å². The summed E-state index contributed by atoms with van der Waals surface area (Å²) in [4.78, 5) is 4.22. The van der Waals surface area contributed by atoms with Gasteiger partial charge in [-0.3, -0.25) is 0 Å². The molecule has 2 aromatic heterocycles. The molecule has 0 unspecified atom stereocenters. The van der Waals surface area contributed by atoms with Gasteiger partial charge in [-0.15, -0.1) is 11.6 Å². The Bertz CT molecular complexity index is 671. The van der Waals surface area contributed by atoms with Crippen molar-refractivity contribution in [2.75, 3.05) is 5.88 Å². The van der Waals surface area contributed by atoms with E-state index in [2.05, 4.69) is 15.6 Å². The van der Waals surface area contributed by atoms with Gasteiger partial charge in [0.2, 0.25) is 0 Å². The molecule has 0 bridgehead atoms. The number of nitrogens with zero attached hydrogens (tertiary/aromatic N) is 2. The Kier molecular flexibility index (Phi) is 3.56. The number of furan rings is 1. The highest BCUT2D eigenvalue weighted by Crippen LogP contribution is 2.22. The molecule has 0 spiro atoms. The number of hydrogen-bond donors (Lipinski definition) is 0. The maximum Gasteiger partial charge on any atom is 0.134 e. The van der Waals surface area contributed by atoms with E-state index >= 15 is 0 Å². The number of benzene rings is 1. The van der Waals surface area contributed by atoms with E-state index in [-0.39, 0.29) is 0 Å². The van der Waals surface area contributed by atoms with Gasteiger partial charge in [-0.1, -0.05) is 18.2 Å². The largest absolute Gasteiger partial charge is 0.464 e. The van der Waals surface area contributed by atoms with Crippen LogP contribution in [0.2, 0.25) is 0 Å². The minimum absolute atomic E-state index is 0.680. The van der Waals surface area contributed by atoms with Crippen molar-refractivity contribution in [3.05, 3.63) is 54.3 Å². The third-order valence-electron chi connectivity index (χ3n) is 3.27. The number of alkyl halides is 1. The topological polar surface area (TPSA) is 31.0 Å². The molecule has 4 heteroatoms. The Morgan fingerprint density at radius 2 is 2.16 bits per heavy atom. The molecule has 0 N–H and O–H groups in total. The molecule has 0 aliphatic carbocycles. The molecule has 0 amide bonds. The maximum atomic E-state index is 5.75. The van der Waals surface area contributed by atoms with Crippen molar-refractivity contribution in [2.24, 2.45) is 0 Å². The van der Waals surface area contributed by atoms with Gasteiger partial charge in [-0.2, -0.15) is 0 Å². The van der Waals surface area contributed by atoms with Crippen molar-refractivity contribution in [3.63, 3.8) is 0 Å². The van der Waals surface area contributed by atoms with E-state index in [0.29, 0.717) is 5.88 Å². The third kappa shape index (κ3) is 2.51. The first-order chi connectivity index (χ1) is 9.38. The summed E-state index contributed by atoms with van der Waals surface area (Å²) < 4.78 is 7.72. The highest BCUT2D eigenvalue weighted by Gasteiger charge is 2.08. The fourth-order valence-electron chi connectivity index (χ4n) is 2.29. The summed E-state index contributed by atoms with van der Waals surface area (Å²) in [7, 11) is 0. The first-order valence-electron chi connectivity index (χ1n) is 6.38. The second-order valence-corrected chi connectivity index (χ2v) is 4.94. The van der Waals surface area contributed by atoms with Crippen molar-refractivity contribution < 1.29 is 4.42 Å². The molecule has 3 nitrogen and oxygen atoms in total. The molecule has 3 aromatic rings. The van der Waals surface area contributed by atoms with Crippen LogP contribution in [0.15, 0.2) is 47.5 Å². The summed E-state index contributed by atoms with van der Waals surface area (Å²) >= 11 is 5.75. The van der Waals surface area contributed by atoms with Crippen LogP contribution in [0.5, 0.6) is 0 Å². The lowest BCUT2D eigenvalue weighted by Gasteiger charge is -2.06. The number of aromatic nitrogens is 2. The predicted octanol–water partition coefficient (Wildman–Crippen LogP) is 3.85. The molecular weight excluding hydrogens is 260 g/mol. The minimum atomic E-state index is 0.680. The molecular formula is C15H15ClN2O. The quantitative estimate of drug-likeness (QED) is 0.662. The summed E-state index contributed by atoms with van der Waals surface area (Å²) in [6.45, 7) is 0.786. The molecule has 1 aromatic carbocycles. The zero-order valence-electron chi connectivity index (χ0n) is 10.6. The highest BCUT2D eigenvalue weighted by molar-refractivity contribution is 6.17. The molecule has 0 radical (unpaired) electrons. The van der Waals surface area contributed by atoms with E-state index in [1.54, 1.807) is 0 Å². The van der Waals surface area contributed by atoms with Crippen molar-refractivity contribution in [3.8, 4) is 0 Å². The van der Waals surface area contributed by atoms with Crippen molar-refractivity contribution in [1.29, 1.82) is 0 Å². The molecule has 3 rings (SSSR count). The van der Waals surface area contributed by atoms with Crippen LogP contribution >= 0.6 is 11.6 Å². The monoisotopic (exact) mass is 274 g/mol. The number of rotatable bonds is 5. The van der Waals surface area contributed by atoms with Crippen LogP contribution in [0.3, 0.4) is 0 Å². The average Bonchev–Trinajstić information content (AvgIpc) is 3.05. The minimum Gasteiger partial charge on any atom is -0.464 e. The Balaban J connectivity index is 1.87. The SMILES string of the molecule is ClCCCc1cncn1Cc1coc2ccccc12. The number of para-hydroxylation sites is 1.